The fourth-order valence-corrected chi connectivity index (χ4v) is 3.97. The average molecular weight is 540 g/mol. The fourth-order valence-electron chi connectivity index (χ4n) is 3.60. The summed E-state index contributed by atoms with van der Waals surface area (Å²) in [6.07, 6.45) is 0. The molecule has 1 aliphatic rings. The third-order valence-electron chi connectivity index (χ3n) is 5.34. The number of rotatable bonds is 7. The van der Waals surface area contributed by atoms with Crippen molar-refractivity contribution in [2.45, 2.75) is 0 Å². The van der Waals surface area contributed by atoms with E-state index in [2.05, 4.69) is 10.6 Å². The number of hydrogen-bond donors (Lipinski definition) is 2. The van der Waals surface area contributed by atoms with E-state index >= 15 is 0 Å². The Kier molecular flexibility index (Phi) is 7.47. The van der Waals surface area contributed by atoms with Gasteiger partial charge < -0.3 is 20.1 Å². The molecule has 4 rings (SSSR count). The van der Waals surface area contributed by atoms with E-state index in [1.165, 1.54) is 38.5 Å². The number of benzene rings is 3. The number of amides is 3. The van der Waals surface area contributed by atoms with Crippen LogP contribution in [-0.4, -0.2) is 37.9 Å². The highest BCUT2D eigenvalue weighted by molar-refractivity contribution is 6.53. The van der Waals surface area contributed by atoms with Crippen molar-refractivity contribution in [1.82, 2.24) is 0 Å². The van der Waals surface area contributed by atoms with Crippen LogP contribution in [0.15, 0.2) is 77.5 Å². The van der Waals surface area contributed by atoms with E-state index in [4.69, 9.17) is 32.7 Å². The Labute approximate surface area is 221 Å². The molecule has 2 N–H and O–H groups in total. The minimum Gasteiger partial charge on any atom is -0.495 e. The number of methoxy groups -OCH3 is 2. The highest BCUT2D eigenvalue weighted by Crippen LogP contribution is 2.37. The lowest BCUT2D eigenvalue weighted by atomic mass is 10.1. The van der Waals surface area contributed by atoms with Gasteiger partial charge in [-0.25, -0.2) is 9.69 Å². The van der Waals surface area contributed by atoms with E-state index in [1.807, 2.05) is 0 Å². The van der Waals surface area contributed by atoms with E-state index in [0.717, 1.165) is 4.90 Å². The normalized spacial score (nSPS) is 13.0. The Hall–Kier alpha value is -4.34. The summed E-state index contributed by atoms with van der Waals surface area (Å²) >= 11 is 12.3. The van der Waals surface area contributed by atoms with Crippen LogP contribution >= 0.6 is 23.2 Å². The minimum atomic E-state index is -0.755. The number of halogens is 2. The second-order valence-electron chi connectivity index (χ2n) is 7.68. The van der Waals surface area contributed by atoms with Gasteiger partial charge in [-0.1, -0.05) is 35.3 Å². The van der Waals surface area contributed by atoms with Crippen LogP contribution in [0.1, 0.15) is 20.7 Å². The summed E-state index contributed by atoms with van der Waals surface area (Å²) in [5.41, 5.74) is 1.22. The summed E-state index contributed by atoms with van der Waals surface area (Å²) in [5.74, 6) is -2.22. The summed E-state index contributed by atoms with van der Waals surface area (Å²) in [5, 5.41) is 5.50. The van der Waals surface area contributed by atoms with Crippen molar-refractivity contribution < 1.29 is 28.7 Å². The molecule has 9 nitrogen and oxygen atoms in total. The van der Waals surface area contributed by atoms with Crippen LogP contribution < -0.4 is 20.3 Å². The molecule has 1 aliphatic heterocycles. The van der Waals surface area contributed by atoms with Gasteiger partial charge in [0.2, 0.25) is 0 Å². The summed E-state index contributed by atoms with van der Waals surface area (Å²) in [6.45, 7) is 0. The van der Waals surface area contributed by atoms with Crippen LogP contribution in [0.25, 0.3) is 0 Å². The molecule has 3 amide bonds. The van der Waals surface area contributed by atoms with E-state index in [9.17, 15) is 19.2 Å². The first-order valence-corrected chi connectivity index (χ1v) is 11.5. The van der Waals surface area contributed by atoms with Crippen LogP contribution in [0.5, 0.6) is 5.75 Å². The quantitative estimate of drug-likeness (QED) is 0.326. The maximum atomic E-state index is 13.2. The molecule has 0 atom stereocenters. The first-order chi connectivity index (χ1) is 17.7. The van der Waals surface area contributed by atoms with Crippen molar-refractivity contribution >= 4 is 64.0 Å². The second kappa shape index (κ2) is 10.7. The van der Waals surface area contributed by atoms with Crippen molar-refractivity contribution in [3.8, 4) is 5.75 Å². The minimum absolute atomic E-state index is 0.141. The maximum Gasteiger partial charge on any atom is 0.337 e. The molecular formula is C26H19Cl2N3O6. The zero-order valence-electron chi connectivity index (χ0n) is 19.5. The van der Waals surface area contributed by atoms with Crippen LogP contribution in [0.3, 0.4) is 0 Å². The number of nitrogens with one attached hydrogen (secondary N) is 2. The zero-order chi connectivity index (χ0) is 26.7. The Morgan fingerprint density at radius 1 is 0.838 bits per heavy atom. The maximum absolute atomic E-state index is 13.2. The van der Waals surface area contributed by atoms with Crippen molar-refractivity contribution in [1.29, 1.82) is 0 Å². The van der Waals surface area contributed by atoms with Gasteiger partial charge in [-0.3, -0.25) is 14.4 Å². The van der Waals surface area contributed by atoms with Crippen molar-refractivity contribution in [2.75, 3.05) is 29.8 Å². The van der Waals surface area contributed by atoms with Crippen molar-refractivity contribution in [2.24, 2.45) is 0 Å². The third kappa shape index (κ3) is 5.28. The lowest BCUT2D eigenvalue weighted by molar-refractivity contribution is -0.120. The molecule has 0 bridgehead atoms. The second-order valence-corrected chi connectivity index (χ2v) is 8.50. The van der Waals surface area contributed by atoms with E-state index in [1.54, 1.807) is 42.5 Å². The predicted octanol–water partition coefficient (Wildman–Crippen LogP) is 4.82. The van der Waals surface area contributed by atoms with Gasteiger partial charge in [0.1, 0.15) is 16.5 Å². The molecule has 1 heterocycles. The first kappa shape index (κ1) is 25.7. The standard InChI is InChI=1S/C26H19Cl2N3O6/c1-36-20-10-9-16(27)13-19(20)31-24(33)21(28)22(25(31)34)29-17-7-3-5-14(11-17)23(32)30-18-8-4-6-15(12-18)26(35)37-2/h3-13,29H,1-2H3,(H,30,32). The van der Waals surface area contributed by atoms with Gasteiger partial charge in [0.05, 0.1) is 25.5 Å². The van der Waals surface area contributed by atoms with E-state index < -0.39 is 23.7 Å². The number of carbonyl (C=O) groups is 4. The molecule has 37 heavy (non-hydrogen) atoms. The lowest BCUT2D eigenvalue weighted by Gasteiger charge is -2.18. The summed E-state index contributed by atoms with van der Waals surface area (Å²) in [4.78, 5) is 51.5. The summed E-state index contributed by atoms with van der Waals surface area (Å²) in [6, 6.07) is 17.0. The molecule has 0 saturated carbocycles. The molecule has 3 aromatic carbocycles. The van der Waals surface area contributed by atoms with Gasteiger partial charge in [-0.15, -0.1) is 0 Å². The van der Waals surface area contributed by atoms with Gasteiger partial charge in [0, 0.05) is 22.0 Å². The summed E-state index contributed by atoms with van der Waals surface area (Å²) in [7, 11) is 2.66. The summed E-state index contributed by atoms with van der Waals surface area (Å²) < 4.78 is 9.95. The number of hydrogen-bond acceptors (Lipinski definition) is 7. The van der Waals surface area contributed by atoms with Crippen LogP contribution in [0.4, 0.5) is 17.1 Å². The van der Waals surface area contributed by atoms with Gasteiger partial charge >= 0.3 is 5.97 Å². The molecular weight excluding hydrogens is 521 g/mol. The molecule has 0 radical (unpaired) electrons. The van der Waals surface area contributed by atoms with Crippen molar-refractivity contribution in [3.63, 3.8) is 0 Å². The number of esters is 1. The molecule has 0 aliphatic carbocycles. The highest BCUT2D eigenvalue weighted by Gasteiger charge is 2.40. The number of imide groups is 1. The molecule has 0 aromatic heterocycles. The Morgan fingerprint density at radius 3 is 2.22 bits per heavy atom. The Bertz CT molecular complexity index is 1470. The zero-order valence-corrected chi connectivity index (χ0v) is 21.0. The highest BCUT2D eigenvalue weighted by atomic mass is 35.5. The van der Waals surface area contributed by atoms with Gasteiger partial charge in [0.25, 0.3) is 17.7 Å². The largest absolute Gasteiger partial charge is 0.495 e. The number of anilines is 3. The molecule has 0 spiro atoms. The number of carbonyl (C=O) groups excluding carboxylic acids is 4. The fraction of sp³-hybridized carbons (Fsp3) is 0.0769. The smallest absolute Gasteiger partial charge is 0.337 e. The lowest BCUT2D eigenvalue weighted by Crippen LogP contribution is -2.32. The van der Waals surface area contributed by atoms with Gasteiger partial charge in [0.15, 0.2) is 0 Å². The number of nitrogens with zero attached hydrogens (tertiary/aromatic N) is 1. The van der Waals surface area contributed by atoms with E-state index in [0.29, 0.717) is 16.4 Å². The van der Waals surface area contributed by atoms with Gasteiger partial charge in [-0.2, -0.15) is 0 Å². The topological polar surface area (TPSA) is 114 Å². The Balaban J connectivity index is 1.55. The van der Waals surface area contributed by atoms with E-state index in [-0.39, 0.29) is 33.3 Å². The van der Waals surface area contributed by atoms with Crippen molar-refractivity contribution in [3.05, 3.63) is 93.6 Å². The van der Waals surface area contributed by atoms with Crippen LogP contribution in [0, 0.1) is 0 Å². The molecule has 0 unspecified atom stereocenters. The molecule has 0 saturated heterocycles. The van der Waals surface area contributed by atoms with Crippen LogP contribution in [-0.2, 0) is 14.3 Å². The Morgan fingerprint density at radius 2 is 1.51 bits per heavy atom. The third-order valence-corrected chi connectivity index (χ3v) is 5.93. The molecule has 0 fully saturated rings. The molecule has 188 valence electrons. The predicted molar refractivity (Wildman–Crippen MR) is 139 cm³/mol. The monoisotopic (exact) mass is 539 g/mol. The van der Waals surface area contributed by atoms with Gasteiger partial charge in [-0.05, 0) is 54.6 Å². The number of ether oxygens (including phenoxy) is 2. The van der Waals surface area contributed by atoms with Crippen LogP contribution in [0.2, 0.25) is 5.02 Å². The first-order valence-electron chi connectivity index (χ1n) is 10.7. The molecule has 11 heteroatoms. The average Bonchev–Trinajstić information content (AvgIpc) is 3.11. The SMILES string of the molecule is COC(=O)c1cccc(NC(=O)c2cccc(NC3=C(Cl)C(=O)N(c4cc(Cl)ccc4OC)C3=O)c2)c1. The molecule has 3 aromatic rings.